The number of carbonyl (C=O) groups excluding carboxylic acids is 1. The number of benzene rings is 2. The number of amides is 1. The van der Waals surface area contributed by atoms with Gasteiger partial charge in [0, 0.05) is 21.1 Å². The molecule has 0 saturated carbocycles. The van der Waals surface area contributed by atoms with Gasteiger partial charge in [-0.2, -0.15) is 0 Å². The van der Waals surface area contributed by atoms with Gasteiger partial charge in [0.1, 0.15) is 5.82 Å². The van der Waals surface area contributed by atoms with Crippen LogP contribution < -0.4 is 5.32 Å². The van der Waals surface area contributed by atoms with Crippen LogP contribution in [-0.2, 0) is 0 Å². The number of nitrogens with zero attached hydrogens (tertiary/aromatic N) is 1. The predicted molar refractivity (Wildman–Crippen MR) is 82.8 cm³/mol. The number of halogens is 3. The van der Waals surface area contributed by atoms with Crippen molar-refractivity contribution < 1.29 is 14.1 Å². The Bertz CT molecular complexity index is 737. The number of nitro benzene ring substituents is 1. The minimum absolute atomic E-state index is 0.156. The molecule has 8 heteroatoms. The van der Waals surface area contributed by atoms with Crippen molar-refractivity contribution in [2.75, 3.05) is 5.32 Å². The Morgan fingerprint density at radius 2 is 1.90 bits per heavy atom. The van der Waals surface area contributed by atoms with E-state index in [1.807, 2.05) is 0 Å². The zero-order chi connectivity index (χ0) is 15.6. The highest BCUT2D eigenvalue weighted by Gasteiger charge is 2.15. The molecular formula is C13H7Br2FN2O3. The summed E-state index contributed by atoms with van der Waals surface area (Å²) in [5.74, 6) is -1.38. The van der Waals surface area contributed by atoms with Crippen molar-refractivity contribution in [1.82, 2.24) is 0 Å². The van der Waals surface area contributed by atoms with Crippen LogP contribution in [0.15, 0.2) is 45.3 Å². The van der Waals surface area contributed by atoms with Crippen LogP contribution in [0.25, 0.3) is 0 Å². The number of hydrogen-bond acceptors (Lipinski definition) is 3. The molecule has 0 saturated heterocycles. The quantitative estimate of drug-likeness (QED) is 0.589. The van der Waals surface area contributed by atoms with Crippen molar-refractivity contribution in [3.63, 3.8) is 0 Å². The largest absolute Gasteiger partial charge is 0.321 e. The van der Waals surface area contributed by atoms with E-state index in [4.69, 9.17) is 0 Å². The van der Waals surface area contributed by atoms with Crippen LogP contribution in [0.5, 0.6) is 0 Å². The molecule has 0 aromatic heterocycles. The Morgan fingerprint density at radius 3 is 2.52 bits per heavy atom. The fourth-order valence-corrected chi connectivity index (χ4v) is 2.26. The van der Waals surface area contributed by atoms with E-state index in [1.54, 1.807) is 0 Å². The van der Waals surface area contributed by atoms with Crippen LogP contribution in [0, 0.1) is 15.9 Å². The summed E-state index contributed by atoms with van der Waals surface area (Å²) in [6.45, 7) is 0. The Kier molecular flexibility index (Phi) is 4.69. The fourth-order valence-electron chi connectivity index (χ4n) is 1.59. The molecule has 0 aliphatic carbocycles. The third-order valence-electron chi connectivity index (χ3n) is 2.58. The molecule has 0 bridgehead atoms. The molecule has 21 heavy (non-hydrogen) atoms. The van der Waals surface area contributed by atoms with E-state index in [0.29, 0.717) is 8.95 Å². The summed E-state index contributed by atoms with van der Waals surface area (Å²) < 4.78 is 14.7. The van der Waals surface area contributed by atoms with Crippen molar-refractivity contribution in [3.8, 4) is 0 Å². The molecule has 1 amide bonds. The molecule has 1 N–H and O–H groups in total. The van der Waals surface area contributed by atoms with Crippen LogP contribution in [-0.4, -0.2) is 10.8 Å². The molecule has 0 unspecified atom stereocenters. The Labute approximate surface area is 135 Å². The molecule has 0 spiro atoms. The molecule has 0 heterocycles. The van der Waals surface area contributed by atoms with Crippen molar-refractivity contribution in [1.29, 1.82) is 0 Å². The Balaban J connectivity index is 2.31. The Hall–Kier alpha value is -1.80. The number of anilines is 1. The number of carbonyl (C=O) groups is 1. The summed E-state index contributed by atoms with van der Waals surface area (Å²) in [4.78, 5) is 22.2. The Morgan fingerprint density at radius 1 is 1.19 bits per heavy atom. The number of nitrogens with one attached hydrogen (secondary N) is 1. The van der Waals surface area contributed by atoms with Crippen molar-refractivity contribution in [2.24, 2.45) is 0 Å². The highest BCUT2D eigenvalue weighted by Crippen LogP contribution is 2.28. The van der Waals surface area contributed by atoms with Gasteiger partial charge in [-0.15, -0.1) is 0 Å². The number of nitro groups is 1. The molecule has 0 fully saturated rings. The molecule has 2 rings (SSSR count). The topological polar surface area (TPSA) is 72.2 Å². The molecule has 0 radical (unpaired) electrons. The number of hydrogen-bond donors (Lipinski definition) is 1. The first kappa shape index (κ1) is 15.6. The summed E-state index contributed by atoms with van der Waals surface area (Å²) in [5, 5.41) is 13.2. The maximum Gasteiger partial charge on any atom is 0.271 e. The van der Waals surface area contributed by atoms with E-state index in [1.165, 1.54) is 30.3 Å². The molecule has 2 aromatic rings. The van der Waals surface area contributed by atoms with E-state index in [-0.39, 0.29) is 16.9 Å². The lowest BCUT2D eigenvalue weighted by Crippen LogP contribution is -2.14. The summed E-state index contributed by atoms with van der Waals surface area (Å²) in [5.41, 5.74) is -0.141. The molecule has 0 aliphatic heterocycles. The second-order valence-electron chi connectivity index (χ2n) is 4.00. The first-order chi connectivity index (χ1) is 9.88. The average Bonchev–Trinajstić information content (AvgIpc) is 2.40. The SMILES string of the molecule is O=C(Nc1cc([N+](=O)[O-])ccc1Br)c1ccc(Br)cc1F. The van der Waals surface area contributed by atoms with E-state index in [9.17, 15) is 19.3 Å². The molecule has 0 aliphatic rings. The third kappa shape index (κ3) is 3.64. The lowest BCUT2D eigenvalue weighted by molar-refractivity contribution is -0.384. The standard InChI is InChI=1S/C13H7Br2FN2O3/c14-7-1-3-9(11(16)5-7)13(19)17-12-6-8(18(20)21)2-4-10(12)15/h1-6H,(H,17,19). The number of non-ortho nitro benzene ring substituents is 1. The zero-order valence-electron chi connectivity index (χ0n) is 10.3. The van der Waals surface area contributed by atoms with Gasteiger partial charge in [0.05, 0.1) is 16.2 Å². The van der Waals surface area contributed by atoms with Crippen molar-refractivity contribution in [3.05, 3.63) is 66.8 Å². The van der Waals surface area contributed by atoms with E-state index in [0.717, 1.165) is 6.07 Å². The highest BCUT2D eigenvalue weighted by molar-refractivity contribution is 9.10. The maximum absolute atomic E-state index is 13.7. The van der Waals surface area contributed by atoms with Crippen molar-refractivity contribution >= 4 is 49.1 Å². The molecule has 108 valence electrons. The molecular weight excluding hydrogens is 411 g/mol. The first-order valence-electron chi connectivity index (χ1n) is 5.59. The maximum atomic E-state index is 13.7. The summed E-state index contributed by atoms with van der Waals surface area (Å²) in [7, 11) is 0. The van der Waals surface area contributed by atoms with Crippen LogP contribution in [0.2, 0.25) is 0 Å². The van der Waals surface area contributed by atoms with E-state index < -0.39 is 16.6 Å². The van der Waals surface area contributed by atoms with E-state index >= 15 is 0 Å². The third-order valence-corrected chi connectivity index (χ3v) is 3.77. The van der Waals surface area contributed by atoms with E-state index in [2.05, 4.69) is 37.2 Å². The normalized spacial score (nSPS) is 10.2. The summed E-state index contributed by atoms with van der Waals surface area (Å²) >= 11 is 6.27. The second kappa shape index (κ2) is 6.31. The van der Waals surface area contributed by atoms with Crippen LogP contribution in [0.3, 0.4) is 0 Å². The first-order valence-corrected chi connectivity index (χ1v) is 7.17. The second-order valence-corrected chi connectivity index (χ2v) is 5.77. The molecule has 5 nitrogen and oxygen atoms in total. The van der Waals surface area contributed by atoms with Crippen LogP contribution >= 0.6 is 31.9 Å². The van der Waals surface area contributed by atoms with Crippen LogP contribution in [0.4, 0.5) is 15.8 Å². The van der Waals surface area contributed by atoms with Crippen LogP contribution in [0.1, 0.15) is 10.4 Å². The van der Waals surface area contributed by atoms with Gasteiger partial charge in [0.15, 0.2) is 0 Å². The molecule has 2 aromatic carbocycles. The van der Waals surface area contributed by atoms with Gasteiger partial charge >= 0.3 is 0 Å². The molecule has 0 atom stereocenters. The minimum Gasteiger partial charge on any atom is -0.321 e. The van der Waals surface area contributed by atoms with Gasteiger partial charge in [0.2, 0.25) is 0 Å². The van der Waals surface area contributed by atoms with Gasteiger partial charge in [-0.25, -0.2) is 4.39 Å². The van der Waals surface area contributed by atoms with Gasteiger partial charge in [-0.3, -0.25) is 14.9 Å². The van der Waals surface area contributed by atoms with Gasteiger partial charge in [0.25, 0.3) is 11.6 Å². The minimum atomic E-state index is -0.693. The average molecular weight is 418 g/mol. The fraction of sp³-hybridized carbons (Fsp3) is 0. The lowest BCUT2D eigenvalue weighted by Gasteiger charge is -2.08. The van der Waals surface area contributed by atoms with Gasteiger partial charge in [-0.1, -0.05) is 15.9 Å². The lowest BCUT2D eigenvalue weighted by atomic mass is 10.2. The number of rotatable bonds is 3. The van der Waals surface area contributed by atoms with Gasteiger partial charge in [-0.05, 0) is 40.2 Å². The van der Waals surface area contributed by atoms with Crippen molar-refractivity contribution in [2.45, 2.75) is 0 Å². The zero-order valence-corrected chi connectivity index (χ0v) is 13.4. The van der Waals surface area contributed by atoms with Gasteiger partial charge < -0.3 is 5.32 Å². The summed E-state index contributed by atoms with van der Waals surface area (Å²) in [6.07, 6.45) is 0. The smallest absolute Gasteiger partial charge is 0.271 e. The predicted octanol–water partition coefficient (Wildman–Crippen LogP) is 4.51. The monoisotopic (exact) mass is 416 g/mol. The summed E-state index contributed by atoms with van der Waals surface area (Å²) in [6, 6.07) is 7.93. The highest BCUT2D eigenvalue weighted by atomic mass is 79.9.